The van der Waals surface area contributed by atoms with Gasteiger partial charge in [0.15, 0.2) is 0 Å². The number of halogens is 2. The predicted octanol–water partition coefficient (Wildman–Crippen LogP) is 2.71. The minimum Gasteiger partial charge on any atom is -0.412 e. The summed E-state index contributed by atoms with van der Waals surface area (Å²) in [5.41, 5.74) is 3.62. The number of nitrogens with zero attached hydrogens (tertiary/aromatic N) is 3. The van der Waals surface area contributed by atoms with E-state index in [4.69, 9.17) is 4.99 Å². The number of benzene rings is 1. The van der Waals surface area contributed by atoms with Crippen LogP contribution in [0, 0.1) is 0 Å². The van der Waals surface area contributed by atoms with Crippen LogP contribution in [0.1, 0.15) is 22.9 Å². The van der Waals surface area contributed by atoms with E-state index in [2.05, 4.69) is 34.1 Å². The van der Waals surface area contributed by atoms with Crippen LogP contribution in [0.15, 0.2) is 53.7 Å². The molecular formula is C16H21Cl2N3O. The number of hydrogen-bond acceptors (Lipinski definition) is 3. The smallest absolute Gasteiger partial charge is 0.119 e. The van der Waals surface area contributed by atoms with Gasteiger partial charge in [-0.3, -0.25) is 9.98 Å². The topological polar surface area (TPSA) is 60.0 Å². The largest absolute Gasteiger partial charge is 0.412 e. The zero-order valence-electron chi connectivity index (χ0n) is 12.6. The van der Waals surface area contributed by atoms with Gasteiger partial charge in [0.1, 0.15) is 11.9 Å². The number of rotatable bonds is 1. The van der Waals surface area contributed by atoms with Crippen molar-refractivity contribution in [3.63, 3.8) is 0 Å². The Labute approximate surface area is 143 Å². The van der Waals surface area contributed by atoms with Gasteiger partial charge in [0.25, 0.3) is 0 Å². The van der Waals surface area contributed by atoms with Crippen LogP contribution in [0.25, 0.3) is 0 Å². The molecule has 1 aliphatic rings. The van der Waals surface area contributed by atoms with E-state index < -0.39 is 0 Å². The summed E-state index contributed by atoms with van der Waals surface area (Å²) in [4.78, 5) is 11.4. The van der Waals surface area contributed by atoms with Crippen LogP contribution < -0.4 is 0 Å². The molecule has 0 bridgehead atoms. The monoisotopic (exact) mass is 341 g/mol. The number of pyridine rings is 1. The van der Waals surface area contributed by atoms with Gasteiger partial charge < -0.3 is 10.4 Å². The lowest BCUT2D eigenvalue weighted by atomic mass is 9.93. The van der Waals surface area contributed by atoms with Gasteiger partial charge in [-0.2, -0.15) is 0 Å². The minimum atomic E-state index is 0. The molecule has 1 aliphatic heterocycles. The highest BCUT2D eigenvalue weighted by Gasteiger charge is 2.24. The van der Waals surface area contributed by atoms with Crippen LogP contribution in [-0.4, -0.2) is 35.3 Å². The molecule has 1 aromatic heterocycles. The molecule has 2 aromatic rings. The van der Waals surface area contributed by atoms with Gasteiger partial charge in [0.2, 0.25) is 0 Å². The Morgan fingerprint density at radius 2 is 1.68 bits per heavy atom. The van der Waals surface area contributed by atoms with Gasteiger partial charge in [0, 0.05) is 26.7 Å². The van der Waals surface area contributed by atoms with Gasteiger partial charge >= 0.3 is 0 Å². The van der Waals surface area contributed by atoms with Crippen LogP contribution in [0.3, 0.4) is 0 Å². The van der Waals surface area contributed by atoms with Crippen molar-refractivity contribution in [1.29, 1.82) is 0 Å². The summed E-state index contributed by atoms with van der Waals surface area (Å²) in [6.45, 7) is 0. The van der Waals surface area contributed by atoms with Crippen molar-refractivity contribution in [1.82, 2.24) is 9.88 Å². The van der Waals surface area contributed by atoms with E-state index in [1.54, 1.807) is 0 Å². The quantitative estimate of drug-likeness (QED) is 0.800. The summed E-state index contributed by atoms with van der Waals surface area (Å²) in [7, 11) is 4.09. The third-order valence-electron chi connectivity index (χ3n) is 3.46. The van der Waals surface area contributed by atoms with E-state index in [0.29, 0.717) is 0 Å². The van der Waals surface area contributed by atoms with Gasteiger partial charge in [0.05, 0.1) is 5.69 Å². The molecule has 0 fully saturated rings. The summed E-state index contributed by atoms with van der Waals surface area (Å²) in [5, 5.41) is 0. The summed E-state index contributed by atoms with van der Waals surface area (Å²) < 4.78 is 0. The normalized spacial score (nSPS) is 15.2. The zero-order valence-corrected chi connectivity index (χ0v) is 14.2. The van der Waals surface area contributed by atoms with Crippen molar-refractivity contribution in [3.8, 4) is 0 Å². The van der Waals surface area contributed by atoms with Crippen molar-refractivity contribution >= 4 is 30.6 Å². The molecule has 6 heteroatoms. The van der Waals surface area contributed by atoms with E-state index in [-0.39, 0.29) is 36.3 Å². The first-order valence-electron chi connectivity index (χ1n) is 6.48. The first kappa shape index (κ1) is 20.4. The lowest BCUT2D eigenvalue weighted by Crippen LogP contribution is -2.28. The van der Waals surface area contributed by atoms with Crippen LogP contribution >= 0.6 is 24.8 Å². The fourth-order valence-corrected chi connectivity index (χ4v) is 2.43. The Kier molecular flexibility index (Phi) is 8.09. The molecule has 0 amide bonds. The van der Waals surface area contributed by atoms with E-state index in [1.165, 1.54) is 11.1 Å². The zero-order chi connectivity index (χ0) is 13.2. The average Bonchev–Trinajstić information content (AvgIpc) is 2.47. The molecule has 1 unspecified atom stereocenters. The maximum absolute atomic E-state index is 4.87. The van der Waals surface area contributed by atoms with Crippen molar-refractivity contribution < 1.29 is 5.48 Å². The second kappa shape index (κ2) is 8.73. The summed E-state index contributed by atoms with van der Waals surface area (Å²) in [6, 6.07) is 14.5. The van der Waals surface area contributed by atoms with Crippen molar-refractivity contribution in [2.75, 3.05) is 14.1 Å². The number of aromatic nitrogens is 1. The predicted molar refractivity (Wildman–Crippen MR) is 95.5 cm³/mol. The fraction of sp³-hybridized carbons (Fsp3) is 0.250. The molecule has 0 saturated carbocycles. The number of hydrogen-bond donors (Lipinski definition) is 0. The van der Waals surface area contributed by atoms with Gasteiger partial charge in [-0.05, 0) is 23.3 Å². The maximum atomic E-state index is 4.87. The Bertz CT molecular complexity index is 618. The number of fused-ring (bicyclic) bond motifs is 1. The van der Waals surface area contributed by atoms with Crippen molar-refractivity contribution in [2.24, 2.45) is 4.99 Å². The first-order chi connectivity index (χ1) is 9.25. The molecule has 2 N–H and O–H groups in total. The van der Waals surface area contributed by atoms with E-state index in [1.807, 2.05) is 38.5 Å². The summed E-state index contributed by atoms with van der Waals surface area (Å²) in [5.74, 6) is 1.11. The van der Waals surface area contributed by atoms with Crippen LogP contribution in [0.4, 0.5) is 0 Å². The molecule has 22 heavy (non-hydrogen) atoms. The molecule has 2 heterocycles. The highest BCUT2D eigenvalue weighted by molar-refractivity contribution is 5.86. The third-order valence-corrected chi connectivity index (χ3v) is 3.46. The number of aliphatic imine (C=N–C) groups is 1. The summed E-state index contributed by atoms with van der Waals surface area (Å²) >= 11 is 0. The molecule has 1 aromatic carbocycles. The van der Waals surface area contributed by atoms with Gasteiger partial charge in [-0.15, -0.1) is 24.8 Å². The highest BCUT2D eigenvalue weighted by atomic mass is 35.5. The highest BCUT2D eigenvalue weighted by Crippen LogP contribution is 2.31. The van der Waals surface area contributed by atoms with Gasteiger partial charge in [-0.1, -0.05) is 30.3 Å². The van der Waals surface area contributed by atoms with Crippen LogP contribution in [-0.2, 0) is 6.42 Å². The molecule has 0 spiro atoms. The van der Waals surface area contributed by atoms with Crippen LogP contribution in [0.5, 0.6) is 0 Å². The van der Waals surface area contributed by atoms with E-state index >= 15 is 0 Å². The number of amidine groups is 1. The molecule has 120 valence electrons. The first-order valence-corrected chi connectivity index (χ1v) is 6.48. The Hall–Kier alpha value is -1.62. The number of likely N-dealkylation sites (N-methyl/N-ethyl adjacent to an activating group) is 1. The van der Waals surface area contributed by atoms with Crippen LogP contribution in [0.2, 0.25) is 0 Å². The Morgan fingerprint density at radius 3 is 2.32 bits per heavy atom. The molecule has 4 nitrogen and oxygen atoms in total. The Morgan fingerprint density at radius 1 is 1.00 bits per heavy atom. The standard InChI is InChI=1S/C16H17N3.2ClH.H2O/c1-19(2)15-11-12-7-3-4-8-13(12)16(18-15)14-9-5-6-10-17-14;;;/h3-10,16H,11H2,1-2H3;2*1H;1H2. The van der Waals surface area contributed by atoms with Crippen molar-refractivity contribution in [3.05, 3.63) is 65.5 Å². The molecule has 3 rings (SSSR count). The molecular weight excluding hydrogens is 321 g/mol. The van der Waals surface area contributed by atoms with Crippen molar-refractivity contribution in [2.45, 2.75) is 12.5 Å². The minimum absolute atomic E-state index is 0. The Balaban J connectivity index is 0.00000147. The molecule has 0 saturated heterocycles. The third kappa shape index (κ3) is 3.97. The van der Waals surface area contributed by atoms with Gasteiger partial charge in [-0.25, -0.2) is 0 Å². The fourth-order valence-electron chi connectivity index (χ4n) is 2.43. The lowest BCUT2D eigenvalue weighted by molar-refractivity contribution is 0.590. The SMILES string of the molecule is CN(C)C1=NC(c2ccccn2)c2ccccc2C1.Cl.Cl.O. The van der Waals surface area contributed by atoms with E-state index in [0.717, 1.165) is 18.0 Å². The maximum Gasteiger partial charge on any atom is 0.119 e. The second-order valence-electron chi connectivity index (χ2n) is 4.97. The second-order valence-corrected chi connectivity index (χ2v) is 4.97. The molecule has 1 atom stereocenters. The van der Waals surface area contributed by atoms with E-state index in [9.17, 15) is 0 Å². The molecule has 0 radical (unpaired) electrons. The summed E-state index contributed by atoms with van der Waals surface area (Å²) in [6.07, 6.45) is 2.73. The lowest BCUT2D eigenvalue weighted by Gasteiger charge is -2.27. The molecule has 0 aliphatic carbocycles. The average molecular weight is 342 g/mol.